The van der Waals surface area contributed by atoms with E-state index in [9.17, 15) is 13.2 Å². The molecule has 0 bridgehead atoms. The molecule has 0 spiro atoms. The molecule has 0 unspecified atom stereocenters. The van der Waals surface area contributed by atoms with Crippen LogP contribution in [0.4, 0.5) is 0 Å². The molecule has 1 atom stereocenters. The van der Waals surface area contributed by atoms with Gasteiger partial charge in [-0.3, -0.25) is 4.79 Å². The monoisotopic (exact) mass is 413 g/mol. The molecule has 28 heavy (non-hydrogen) atoms. The Hall–Kier alpha value is -2.44. The molecule has 6 heteroatoms. The fourth-order valence-corrected chi connectivity index (χ4v) is 6.23. The number of thiophene rings is 1. The first-order valence-corrected chi connectivity index (χ1v) is 11.4. The molecule has 146 valence electrons. The molecule has 1 heterocycles. The van der Waals surface area contributed by atoms with Crippen molar-refractivity contribution in [3.05, 3.63) is 87.1 Å². The first-order valence-electron chi connectivity index (χ1n) is 8.99. The number of carbonyl (C=O) groups excluding carboxylic acids is 1. The number of hydrogen-bond donors (Lipinski definition) is 1. The second kappa shape index (κ2) is 8.29. The Labute approximate surface area is 170 Å². The summed E-state index contributed by atoms with van der Waals surface area (Å²) in [6.07, 6.45) is 0. The number of rotatable bonds is 6. The molecule has 4 nitrogen and oxygen atoms in total. The van der Waals surface area contributed by atoms with E-state index >= 15 is 0 Å². The fourth-order valence-electron chi connectivity index (χ4n) is 3.11. The van der Waals surface area contributed by atoms with Crippen molar-refractivity contribution in [1.82, 2.24) is 5.32 Å². The Balaban J connectivity index is 1.93. The zero-order valence-corrected chi connectivity index (χ0v) is 17.7. The van der Waals surface area contributed by atoms with Gasteiger partial charge in [-0.05, 0) is 61.0 Å². The van der Waals surface area contributed by atoms with Crippen molar-refractivity contribution in [2.45, 2.75) is 30.9 Å². The summed E-state index contributed by atoms with van der Waals surface area (Å²) in [7, 11) is -3.67. The number of carbonyl (C=O) groups is 1. The van der Waals surface area contributed by atoms with Gasteiger partial charge in [0.2, 0.25) is 0 Å². The lowest BCUT2D eigenvalue weighted by molar-refractivity contribution is 0.0953. The van der Waals surface area contributed by atoms with Crippen molar-refractivity contribution in [3.63, 3.8) is 0 Å². The average molecular weight is 414 g/mol. The summed E-state index contributed by atoms with van der Waals surface area (Å²) in [5, 5.41) is 3.85. The van der Waals surface area contributed by atoms with Gasteiger partial charge in [0.15, 0.2) is 9.84 Å². The lowest BCUT2D eigenvalue weighted by Crippen LogP contribution is -2.32. The van der Waals surface area contributed by atoms with Crippen molar-refractivity contribution in [2.24, 2.45) is 0 Å². The Morgan fingerprint density at radius 2 is 1.75 bits per heavy atom. The zero-order valence-electron chi connectivity index (χ0n) is 16.1. The molecule has 0 radical (unpaired) electrons. The molecule has 0 aliphatic carbocycles. The van der Waals surface area contributed by atoms with Gasteiger partial charge in [0.1, 0.15) is 5.25 Å². The maximum absolute atomic E-state index is 13.5. The van der Waals surface area contributed by atoms with E-state index in [0.29, 0.717) is 20.9 Å². The SMILES string of the molecule is Cc1ccc(C)c(S(=O)(=O)[C@@H](CNC(=O)c2ccccc2C)c2cccs2)c1. The van der Waals surface area contributed by atoms with E-state index in [4.69, 9.17) is 0 Å². The van der Waals surface area contributed by atoms with Gasteiger partial charge in [0.05, 0.1) is 4.90 Å². The summed E-state index contributed by atoms with van der Waals surface area (Å²) in [6, 6.07) is 16.3. The van der Waals surface area contributed by atoms with Crippen LogP contribution in [0.3, 0.4) is 0 Å². The van der Waals surface area contributed by atoms with Gasteiger partial charge in [-0.25, -0.2) is 8.42 Å². The molecule has 1 amide bonds. The van der Waals surface area contributed by atoms with E-state index in [-0.39, 0.29) is 12.5 Å². The third kappa shape index (κ3) is 4.18. The normalized spacial score (nSPS) is 12.5. The highest BCUT2D eigenvalue weighted by molar-refractivity contribution is 7.92. The maximum atomic E-state index is 13.5. The molecule has 2 aromatic carbocycles. The second-order valence-electron chi connectivity index (χ2n) is 6.84. The number of hydrogen-bond acceptors (Lipinski definition) is 4. The topological polar surface area (TPSA) is 63.2 Å². The second-order valence-corrected chi connectivity index (χ2v) is 9.92. The number of amides is 1. The molecule has 0 aliphatic heterocycles. The number of sulfone groups is 1. The van der Waals surface area contributed by atoms with Gasteiger partial charge in [0, 0.05) is 17.0 Å². The molecule has 1 aromatic heterocycles. The molecular formula is C22H23NO3S2. The van der Waals surface area contributed by atoms with E-state index in [1.165, 1.54) is 11.3 Å². The van der Waals surface area contributed by atoms with Crippen LogP contribution >= 0.6 is 11.3 Å². The van der Waals surface area contributed by atoms with Crippen molar-refractivity contribution in [1.29, 1.82) is 0 Å². The van der Waals surface area contributed by atoms with Gasteiger partial charge in [-0.15, -0.1) is 11.3 Å². The summed E-state index contributed by atoms with van der Waals surface area (Å²) in [5.41, 5.74) is 3.00. The highest BCUT2D eigenvalue weighted by atomic mass is 32.2. The highest BCUT2D eigenvalue weighted by Gasteiger charge is 2.31. The van der Waals surface area contributed by atoms with Crippen LogP contribution in [0.2, 0.25) is 0 Å². The van der Waals surface area contributed by atoms with Gasteiger partial charge in [0.25, 0.3) is 5.91 Å². The lowest BCUT2D eigenvalue weighted by atomic mass is 10.1. The van der Waals surface area contributed by atoms with Crippen LogP contribution in [0.5, 0.6) is 0 Å². The average Bonchev–Trinajstić information content (AvgIpc) is 3.18. The zero-order chi connectivity index (χ0) is 20.3. The summed E-state index contributed by atoms with van der Waals surface area (Å²) in [4.78, 5) is 13.7. The minimum absolute atomic E-state index is 0.0173. The minimum atomic E-state index is -3.67. The largest absolute Gasteiger partial charge is 0.350 e. The predicted octanol–water partition coefficient (Wildman–Crippen LogP) is 4.62. The molecule has 3 rings (SSSR count). The summed E-state index contributed by atoms with van der Waals surface area (Å²) in [5.74, 6) is -0.268. The Bertz CT molecular complexity index is 1090. The van der Waals surface area contributed by atoms with Crippen LogP contribution in [0.15, 0.2) is 64.9 Å². The molecule has 0 fully saturated rings. The van der Waals surface area contributed by atoms with Crippen LogP contribution in [-0.4, -0.2) is 20.9 Å². The molecule has 0 aliphatic rings. The summed E-state index contributed by atoms with van der Waals surface area (Å²) < 4.78 is 27.0. The van der Waals surface area contributed by atoms with Crippen LogP contribution in [0.25, 0.3) is 0 Å². The van der Waals surface area contributed by atoms with Crippen LogP contribution in [-0.2, 0) is 9.84 Å². The third-order valence-electron chi connectivity index (χ3n) is 4.72. The predicted molar refractivity (Wildman–Crippen MR) is 114 cm³/mol. The number of aryl methyl sites for hydroxylation is 3. The summed E-state index contributed by atoms with van der Waals surface area (Å²) in [6.45, 7) is 5.55. The van der Waals surface area contributed by atoms with E-state index in [1.807, 2.05) is 49.6 Å². The first-order chi connectivity index (χ1) is 13.3. The number of benzene rings is 2. The standard InChI is InChI=1S/C22H23NO3S2/c1-15-10-11-17(3)20(13-15)28(25,26)21(19-9-6-12-27-19)14-23-22(24)18-8-5-4-7-16(18)2/h4-13,21H,14H2,1-3H3,(H,23,24)/t21-/m0/s1. The van der Waals surface area contributed by atoms with E-state index < -0.39 is 15.1 Å². The van der Waals surface area contributed by atoms with Gasteiger partial charge in [-0.2, -0.15) is 0 Å². The molecular weight excluding hydrogens is 390 g/mol. The Morgan fingerprint density at radius 3 is 2.43 bits per heavy atom. The van der Waals surface area contributed by atoms with Crippen molar-refractivity contribution < 1.29 is 13.2 Å². The van der Waals surface area contributed by atoms with Crippen molar-refractivity contribution in [2.75, 3.05) is 6.54 Å². The van der Waals surface area contributed by atoms with E-state index in [0.717, 1.165) is 11.1 Å². The molecule has 0 saturated heterocycles. The first kappa shape index (κ1) is 20.3. The maximum Gasteiger partial charge on any atom is 0.251 e. The smallest absolute Gasteiger partial charge is 0.251 e. The van der Waals surface area contributed by atoms with Gasteiger partial charge >= 0.3 is 0 Å². The molecule has 3 aromatic rings. The van der Waals surface area contributed by atoms with E-state index in [2.05, 4.69) is 5.32 Å². The quantitative estimate of drug-likeness (QED) is 0.641. The van der Waals surface area contributed by atoms with Crippen LogP contribution in [0, 0.1) is 20.8 Å². The molecule has 0 saturated carbocycles. The van der Waals surface area contributed by atoms with Crippen LogP contribution < -0.4 is 5.32 Å². The summed E-state index contributed by atoms with van der Waals surface area (Å²) >= 11 is 1.38. The minimum Gasteiger partial charge on any atom is -0.350 e. The number of nitrogens with one attached hydrogen (secondary N) is 1. The third-order valence-corrected chi connectivity index (χ3v) is 8.08. The van der Waals surface area contributed by atoms with Gasteiger partial charge < -0.3 is 5.32 Å². The van der Waals surface area contributed by atoms with E-state index in [1.54, 1.807) is 31.2 Å². The van der Waals surface area contributed by atoms with Gasteiger partial charge in [-0.1, -0.05) is 36.4 Å². The van der Waals surface area contributed by atoms with Crippen LogP contribution in [0.1, 0.15) is 37.2 Å². The Morgan fingerprint density at radius 1 is 1.00 bits per heavy atom. The van der Waals surface area contributed by atoms with Crippen molar-refractivity contribution in [3.8, 4) is 0 Å². The highest BCUT2D eigenvalue weighted by Crippen LogP contribution is 2.33. The fraction of sp³-hybridized carbons (Fsp3) is 0.227. The van der Waals surface area contributed by atoms with Crippen molar-refractivity contribution >= 4 is 27.1 Å². The molecule has 1 N–H and O–H groups in total. The lowest BCUT2D eigenvalue weighted by Gasteiger charge is -2.19. The Kier molecular flexibility index (Phi) is 6.01.